The summed E-state index contributed by atoms with van der Waals surface area (Å²) in [5.41, 5.74) is 3.59. The van der Waals surface area contributed by atoms with E-state index in [-0.39, 0.29) is 24.1 Å². The highest BCUT2D eigenvalue weighted by Gasteiger charge is 2.23. The lowest BCUT2D eigenvalue weighted by Gasteiger charge is -2.15. The molecule has 0 aromatic heterocycles. The molecule has 1 atom stereocenters. The first-order valence-electron chi connectivity index (χ1n) is 10.1. The molecular weight excluding hydrogens is 366 g/mol. The fourth-order valence-corrected chi connectivity index (χ4v) is 3.03. The quantitative estimate of drug-likeness (QED) is 0.634. The van der Waals surface area contributed by atoms with E-state index in [2.05, 4.69) is 17.4 Å². The fourth-order valence-electron chi connectivity index (χ4n) is 3.03. The number of hydrogen-bond acceptors (Lipinski definition) is 3. The van der Waals surface area contributed by atoms with Crippen molar-refractivity contribution >= 4 is 11.9 Å². The van der Waals surface area contributed by atoms with Crippen LogP contribution in [0.3, 0.4) is 0 Å². The van der Waals surface area contributed by atoms with Crippen LogP contribution >= 0.6 is 0 Å². The predicted octanol–water partition coefficient (Wildman–Crippen LogP) is 4.66. The zero-order valence-electron chi connectivity index (χ0n) is 17.4. The third-order valence-electron chi connectivity index (χ3n) is 4.81. The van der Waals surface area contributed by atoms with Gasteiger partial charge in [-0.3, -0.25) is 4.79 Å². The number of aliphatic hydroxyl groups excluding tert-OH is 1. The summed E-state index contributed by atoms with van der Waals surface area (Å²) >= 11 is 0. The molecule has 3 N–H and O–H groups in total. The lowest BCUT2D eigenvalue weighted by molar-refractivity contribution is -0.122. The summed E-state index contributed by atoms with van der Waals surface area (Å²) in [4.78, 5) is 22.3. The molecule has 1 aliphatic carbocycles. The van der Waals surface area contributed by atoms with E-state index in [9.17, 15) is 9.59 Å². The van der Waals surface area contributed by atoms with Gasteiger partial charge in [0.2, 0.25) is 5.91 Å². The maximum absolute atomic E-state index is 11.6. The van der Waals surface area contributed by atoms with Crippen molar-refractivity contribution in [2.45, 2.75) is 58.6 Å². The highest BCUT2D eigenvalue weighted by molar-refractivity contribution is 5.87. The Labute approximate surface area is 172 Å². The highest BCUT2D eigenvalue weighted by atomic mass is 16.4. The van der Waals surface area contributed by atoms with Crippen LogP contribution in [0.5, 0.6) is 0 Å². The van der Waals surface area contributed by atoms with Crippen molar-refractivity contribution in [2.75, 3.05) is 0 Å². The predicted molar refractivity (Wildman–Crippen MR) is 114 cm³/mol. The Morgan fingerprint density at radius 2 is 1.72 bits per heavy atom. The molecule has 1 amide bonds. The summed E-state index contributed by atoms with van der Waals surface area (Å²) in [6.07, 6.45) is 3.15. The van der Waals surface area contributed by atoms with Gasteiger partial charge < -0.3 is 15.5 Å². The molecule has 0 bridgehead atoms. The second-order valence-electron chi connectivity index (χ2n) is 7.99. The van der Waals surface area contributed by atoms with E-state index in [4.69, 9.17) is 10.2 Å². The molecular formula is C24H31NO4. The van der Waals surface area contributed by atoms with Gasteiger partial charge in [-0.15, -0.1) is 0 Å². The van der Waals surface area contributed by atoms with E-state index in [0.29, 0.717) is 12.3 Å². The van der Waals surface area contributed by atoms with Crippen molar-refractivity contribution in [1.29, 1.82) is 0 Å². The number of benzene rings is 2. The molecule has 1 fully saturated rings. The molecule has 29 heavy (non-hydrogen) atoms. The molecule has 0 spiro atoms. The first-order valence-corrected chi connectivity index (χ1v) is 10.1. The molecule has 1 saturated carbocycles. The Morgan fingerprint density at radius 1 is 1.07 bits per heavy atom. The number of carboxylic acids is 1. The average molecular weight is 398 g/mol. The number of carboxylic acid groups (broad SMARTS) is 1. The third-order valence-corrected chi connectivity index (χ3v) is 4.81. The minimum Gasteiger partial charge on any atom is -0.478 e. The van der Waals surface area contributed by atoms with Crippen LogP contribution < -0.4 is 5.32 Å². The van der Waals surface area contributed by atoms with Crippen molar-refractivity contribution in [1.82, 2.24) is 5.32 Å². The lowest BCUT2D eigenvalue weighted by Crippen LogP contribution is -2.27. The Hall–Kier alpha value is -2.66. The molecule has 1 unspecified atom stereocenters. The maximum atomic E-state index is 11.6. The number of hydrogen-bond donors (Lipinski definition) is 3. The third kappa shape index (κ3) is 7.70. The van der Waals surface area contributed by atoms with Crippen molar-refractivity contribution in [3.63, 3.8) is 0 Å². The van der Waals surface area contributed by atoms with Crippen LogP contribution in [0, 0.1) is 5.92 Å². The second-order valence-corrected chi connectivity index (χ2v) is 7.99. The van der Waals surface area contributed by atoms with Crippen LogP contribution in [-0.4, -0.2) is 22.1 Å². The van der Waals surface area contributed by atoms with Crippen LogP contribution in [0.25, 0.3) is 0 Å². The van der Waals surface area contributed by atoms with Gasteiger partial charge in [0.1, 0.15) is 0 Å². The smallest absolute Gasteiger partial charge is 0.335 e. The molecule has 2 aromatic carbocycles. The number of aliphatic hydroxyl groups is 1. The van der Waals surface area contributed by atoms with Gasteiger partial charge in [-0.2, -0.15) is 0 Å². The molecule has 0 radical (unpaired) electrons. The van der Waals surface area contributed by atoms with Gasteiger partial charge in [0.15, 0.2) is 0 Å². The van der Waals surface area contributed by atoms with E-state index in [1.807, 2.05) is 32.9 Å². The van der Waals surface area contributed by atoms with Crippen LogP contribution in [0.1, 0.15) is 79.0 Å². The van der Waals surface area contributed by atoms with Gasteiger partial charge in [0.25, 0.3) is 0 Å². The van der Waals surface area contributed by atoms with Crippen molar-refractivity contribution < 1.29 is 19.8 Å². The van der Waals surface area contributed by atoms with Gasteiger partial charge in [-0.05, 0) is 60.4 Å². The minimum absolute atomic E-state index is 0.0137. The van der Waals surface area contributed by atoms with Crippen LogP contribution in [0.15, 0.2) is 48.5 Å². The van der Waals surface area contributed by atoms with E-state index in [0.717, 1.165) is 17.0 Å². The van der Waals surface area contributed by atoms with Crippen molar-refractivity contribution in [2.24, 2.45) is 5.92 Å². The van der Waals surface area contributed by atoms with Crippen molar-refractivity contribution in [3.05, 3.63) is 70.8 Å². The molecule has 3 rings (SSSR count). The first-order chi connectivity index (χ1) is 13.8. The molecule has 5 heteroatoms. The molecule has 0 heterocycles. The molecule has 1 aliphatic rings. The molecule has 0 aliphatic heterocycles. The topological polar surface area (TPSA) is 86.6 Å². The summed E-state index contributed by atoms with van der Waals surface area (Å²) in [7, 11) is 0. The van der Waals surface area contributed by atoms with Gasteiger partial charge in [-0.1, -0.05) is 50.2 Å². The number of amides is 1. The normalized spacial score (nSPS) is 14.0. The molecule has 5 nitrogen and oxygen atoms in total. The maximum Gasteiger partial charge on any atom is 0.335 e. The van der Waals surface area contributed by atoms with E-state index < -0.39 is 5.97 Å². The molecule has 0 saturated heterocycles. The minimum atomic E-state index is -0.946. The second kappa shape index (κ2) is 10.8. The molecule has 156 valence electrons. The number of carbonyl (C=O) groups is 2. The Balaban J connectivity index is 0.000000230. The van der Waals surface area contributed by atoms with Crippen molar-refractivity contribution in [3.8, 4) is 0 Å². The van der Waals surface area contributed by atoms with Crippen LogP contribution in [-0.2, 0) is 11.4 Å². The Kier molecular flexibility index (Phi) is 8.40. The van der Waals surface area contributed by atoms with Crippen LogP contribution in [0.2, 0.25) is 0 Å². The van der Waals surface area contributed by atoms with Crippen LogP contribution in [0.4, 0.5) is 0 Å². The van der Waals surface area contributed by atoms with E-state index in [1.54, 1.807) is 24.3 Å². The molecule has 2 aromatic rings. The number of nitrogens with one attached hydrogen (secondary N) is 1. The lowest BCUT2D eigenvalue weighted by atomic mass is 10.1. The fraction of sp³-hybridized carbons (Fsp3) is 0.417. The summed E-state index contributed by atoms with van der Waals surface area (Å²) in [6, 6.07) is 14.7. The monoisotopic (exact) mass is 397 g/mol. The number of carbonyl (C=O) groups excluding carboxylic acids is 1. The SMILES string of the molecule is CC(C)CC(=O)NC(C)c1ccc(C(=O)O)cc1.OCc1cccc(C2CC2)c1. The Morgan fingerprint density at radius 3 is 2.24 bits per heavy atom. The summed E-state index contributed by atoms with van der Waals surface area (Å²) in [6.45, 7) is 6.03. The zero-order chi connectivity index (χ0) is 21.4. The first kappa shape index (κ1) is 22.6. The Bertz CT molecular complexity index is 810. The summed E-state index contributed by atoms with van der Waals surface area (Å²) in [5.74, 6) is 0.186. The number of rotatable bonds is 7. The van der Waals surface area contributed by atoms with Gasteiger partial charge >= 0.3 is 5.97 Å². The highest BCUT2D eigenvalue weighted by Crippen LogP contribution is 2.40. The van der Waals surface area contributed by atoms with E-state index >= 15 is 0 Å². The van der Waals surface area contributed by atoms with Gasteiger partial charge in [-0.25, -0.2) is 4.79 Å². The summed E-state index contributed by atoms with van der Waals surface area (Å²) in [5, 5.41) is 20.5. The standard InChI is InChI=1S/C14H19NO3.C10H12O/c1-9(2)8-13(16)15-10(3)11-4-6-12(7-5-11)14(17)18;11-7-8-2-1-3-10(6-8)9-4-5-9/h4-7,9-10H,8H2,1-3H3,(H,15,16)(H,17,18);1-3,6,9,11H,4-5,7H2. The average Bonchev–Trinajstić information content (AvgIpc) is 3.53. The van der Waals surface area contributed by atoms with Gasteiger partial charge in [0, 0.05) is 6.42 Å². The number of aromatic carboxylic acids is 1. The van der Waals surface area contributed by atoms with E-state index in [1.165, 1.54) is 18.4 Å². The van der Waals surface area contributed by atoms with Gasteiger partial charge in [0.05, 0.1) is 18.2 Å². The zero-order valence-corrected chi connectivity index (χ0v) is 17.4. The summed E-state index contributed by atoms with van der Waals surface area (Å²) < 4.78 is 0. The largest absolute Gasteiger partial charge is 0.478 e.